The molecule has 6 amide bonds. The largest absolute Gasteiger partial charge is 0.442 e. The lowest BCUT2D eigenvalue weighted by molar-refractivity contribution is -0.136. The van der Waals surface area contributed by atoms with Crippen LogP contribution in [0.3, 0.4) is 0 Å². The molecular weight excluding hydrogens is 904 g/mol. The van der Waals surface area contributed by atoms with Gasteiger partial charge < -0.3 is 30.9 Å². The third-order valence-corrected chi connectivity index (χ3v) is 13.1. The number of fused-ring (bicyclic) bond motifs is 1. The van der Waals surface area contributed by atoms with Gasteiger partial charge in [-0.25, -0.2) is 19.2 Å². The second kappa shape index (κ2) is 20.8. The predicted molar refractivity (Wildman–Crippen MR) is 251 cm³/mol. The van der Waals surface area contributed by atoms with Crippen molar-refractivity contribution in [2.24, 2.45) is 0 Å². The summed E-state index contributed by atoms with van der Waals surface area (Å²) in [5.41, 5.74) is 8.39. The highest BCUT2D eigenvalue weighted by atomic mass is 19.1. The Morgan fingerprint density at radius 2 is 1.53 bits per heavy atom. The molecule has 362 valence electrons. The first-order valence-corrected chi connectivity index (χ1v) is 23.2. The summed E-state index contributed by atoms with van der Waals surface area (Å²) in [6.07, 6.45) is 6.50. The molecule has 3 fully saturated rings. The lowest BCUT2D eigenvalue weighted by Crippen LogP contribution is -2.54. The number of esters is 1. The summed E-state index contributed by atoms with van der Waals surface area (Å²) < 4.78 is 21.1. The Bertz CT molecular complexity index is 2810. The smallest absolute Gasteiger partial charge is 0.361 e. The van der Waals surface area contributed by atoms with E-state index in [1.807, 2.05) is 15.8 Å². The maximum Gasteiger partial charge on any atom is 0.361 e. The first-order valence-electron chi connectivity index (χ1n) is 23.2. The molecule has 0 radical (unpaired) electrons. The number of piperidine rings is 2. The number of piperazine rings is 1. The van der Waals surface area contributed by atoms with E-state index in [9.17, 15) is 38.0 Å². The number of imide groups is 2. The normalized spacial score (nSPS) is 18.3. The first kappa shape index (κ1) is 47.2. The fourth-order valence-electron chi connectivity index (χ4n) is 9.18. The van der Waals surface area contributed by atoms with Crippen molar-refractivity contribution in [3.63, 3.8) is 0 Å². The van der Waals surface area contributed by atoms with Crippen molar-refractivity contribution >= 4 is 58.6 Å². The highest BCUT2D eigenvalue weighted by molar-refractivity contribution is 6.23. The van der Waals surface area contributed by atoms with Crippen LogP contribution in [-0.4, -0.2) is 146 Å². The van der Waals surface area contributed by atoms with Crippen LogP contribution in [-0.2, 0) is 23.9 Å². The number of hydrogen-bond acceptors (Lipinski definition) is 15. The van der Waals surface area contributed by atoms with Gasteiger partial charge in [-0.15, -0.1) is 0 Å². The number of rotatable bonds is 15. The number of nitrogen functional groups attached to an aromatic ring is 1. The summed E-state index contributed by atoms with van der Waals surface area (Å²) in [6.45, 7) is 6.37. The number of ether oxygens (including phenoxy) is 1. The average Bonchev–Trinajstić information content (AvgIpc) is 3.96. The lowest BCUT2D eigenvalue weighted by atomic mass is 10.0. The highest BCUT2D eigenvalue weighted by Gasteiger charge is 2.44. The van der Waals surface area contributed by atoms with Crippen molar-refractivity contribution in [1.29, 1.82) is 0 Å². The summed E-state index contributed by atoms with van der Waals surface area (Å²) in [5.74, 6) is -4.60. The van der Waals surface area contributed by atoms with E-state index in [4.69, 9.17) is 10.5 Å². The number of carbonyl (C=O) groups excluding carboxylic acids is 7. The number of amides is 6. The van der Waals surface area contributed by atoms with Gasteiger partial charge in [0.05, 0.1) is 41.8 Å². The summed E-state index contributed by atoms with van der Waals surface area (Å²) >= 11 is 0. The standard InChI is InChI=1S/C49H51FN12O8/c50-32-7-9-33(10-8-32)55-46(66)43(30-5-2-1-3-6-30)70-49(69)42-44(51)53-27-38(56-42)31-26-54-61(29-31)35-15-19-58(20-16-35)17-4-18-59-21-23-60(24-22-59)41(64)28-52-34-11-12-36-37(25-34)48(68)62(47(36)67)39-13-14-40(63)57-45(39)65/h1-3,5-12,25-27,29,35,39,43,52H,4,13-24,28H2,(H2,51,53)(H,55,66)(H,57,63,65)/t39?,43-/m1/s1. The van der Waals surface area contributed by atoms with Crippen LogP contribution in [0.2, 0.25) is 0 Å². The van der Waals surface area contributed by atoms with Crippen LogP contribution in [0.4, 0.5) is 21.6 Å². The minimum atomic E-state index is -1.37. The number of aromatic nitrogens is 4. The van der Waals surface area contributed by atoms with Crippen molar-refractivity contribution in [3.8, 4) is 11.3 Å². The molecule has 0 saturated carbocycles. The molecule has 70 heavy (non-hydrogen) atoms. The summed E-state index contributed by atoms with van der Waals surface area (Å²) in [4.78, 5) is 107. The molecule has 3 saturated heterocycles. The highest BCUT2D eigenvalue weighted by Crippen LogP contribution is 2.31. The number of nitrogens with one attached hydrogen (secondary N) is 3. The summed E-state index contributed by atoms with van der Waals surface area (Å²) in [6, 6.07) is 17.5. The molecule has 0 spiro atoms. The van der Waals surface area contributed by atoms with Crippen LogP contribution in [0.15, 0.2) is 91.4 Å². The third kappa shape index (κ3) is 10.5. The molecule has 4 aliphatic rings. The van der Waals surface area contributed by atoms with E-state index >= 15 is 0 Å². The van der Waals surface area contributed by atoms with Crippen molar-refractivity contribution < 1.29 is 42.7 Å². The Hall–Kier alpha value is -7.91. The molecule has 6 heterocycles. The van der Waals surface area contributed by atoms with Crippen LogP contribution < -0.4 is 21.7 Å². The molecule has 0 bridgehead atoms. The fourth-order valence-corrected chi connectivity index (χ4v) is 9.18. The zero-order valence-electron chi connectivity index (χ0n) is 38.1. The minimum absolute atomic E-state index is 0.0154. The molecule has 9 rings (SSSR count). The SMILES string of the molecule is Nc1ncc(-c2cnn(C3CCN(CCCN4CCN(C(=O)CNc5ccc6c(c5)C(=O)N(C5CCC(=O)NC5=O)C6=O)CC4)CC3)c2)nc1C(=O)O[C@@H](C(=O)Nc1ccc(F)cc1)c1ccccc1. The van der Waals surface area contributed by atoms with Crippen LogP contribution in [0.5, 0.6) is 0 Å². The molecule has 1 unspecified atom stereocenters. The van der Waals surface area contributed by atoms with E-state index in [2.05, 4.69) is 40.8 Å². The second-order valence-corrected chi connectivity index (χ2v) is 17.6. The molecule has 3 aromatic carbocycles. The maximum atomic E-state index is 13.6. The van der Waals surface area contributed by atoms with Crippen molar-refractivity contribution in [2.45, 2.75) is 50.3 Å². The number of hydrogen-bond donors (Lipinski definition) is 4. The average molecular weight is 955 g/mol. The monoisotopic (exact) mass is 954 g/mol. The molecule has 0 aliphatic carbocycles. The van der Waals surface area contributed by atoms with Gasteiger partial charge >= 0.3 is 5.97 Å². The van der Waals surface area contributed by atoms with Crippen LogP contribution in [0, 0.1) is 5.82 Å². The summed E-state index contributed by atoms with van der Waals surface area (Å²) in [7, 11) is 0. The topological polar surface area (TPSA) is 247 Å². The zero-order valence-corrected chi connectivity index (χ0v) is 38.1. The molecule has 20 nitrogen and oxygen atoms in total. The molecule has 5 aromatic rings. The number of likely N-dealkylation sites (tertiary alicyclic amines) is 1. The van der Waals surface area contributed by atoms with Gasteiger partial charge in [-0.3, -0.25) is 48.6 Å². The molecule has 4 aliphatic heterocycles. The molecule has 2 aromatic heterocycles. The van der Waals surface area contributed by atoms with Gasteiger partial charge in [0, 0.05) is 74.4 Å². The van der Waals surface area contributed by atoms with Gasteiger partial charge in [0.15, 0.2) is 11.5 Å². The minimum Gasteiger partial charge on any atom is -0.442 e. The Morgan fingerprint density at radius 1 is 0.829 bits per heavy atom. The Balaban J connectivity index is 0.700. The van der Waals surface area contributed by atoms with Crippen LogP contribution >= 0.6 is 0 Å². The number of anilines is 3. The van der Waals surface area contributed by atoms with E-state index in [-0.39, 0.29) is 54.0 Å². The number of halogens is 1. The lowest BCUT2D eigenvalue weighted by Gasteiger charge is -2.36. The van der Waals surface area contributed by atoms with E-state index in [1.54, 1.807) is 42.6 Å². The number of nitrogens with zero attached hydrogens (tertiary/aromatic N) is 8. The second-order valence-electron chi connectivity index (χ2n) is 17.6. The molecule has 5 N–H and O–H groups in total. The van der Waals surface area contributed by atoms with Gasteiger partial charge in [0.1, 0.15) is 11.9 Å². The van der Waals surface area contributed by atoms with Gasteiger partial charge in [0.2, 0.25) is 23.8 Å². The first-order chi connectivity index (χ1) is 33.9. The number of benzene rings is 3. The molecule has 2 atom stereocenters. The van der Waals surface area contributed by atoms with Gasteiger partial charge in [-0.1, -0.05) is 30.3 Å². The maximum absolute atomic E-state index is 13.6. The van der Waals surface area contributed by atoms with E-state index in [1.165, 1.54) is 42.6 Å². The van der Waals surface area contributed by atoms with E-state index < -0.39 is 53.5 Å². The van der Waals surface area contributed by atoms with Crippen molar-refractivity contribution in [2.75, 3.05) is 75.3 Å². The molecular formula is C49H51FN12O8. The Morgan fingerprint density at radius 3 is 2.26 bits per heavy atom. The van der Waals surface area contributed by atoms with Crippen LogP contribution in [0.1, 0.15) is 81.0 Å². The third-order valence-electron chi connectivity index (χ3n) is 13.1. The predicted octanol–water partition coefficient (Wildman–Crippen LogP) is 3.28. The van der Waals surface area contributed by atoms with Gasteiger partial charge in [-0.05, 0) is 81.2 Å². The number of nitrogens with two attached hydrogens (primary N) is 1. The van der Waals surface area contributed by atoms with E-state index in [0.717, 1.165) is 63.4 Å². The molecule has 21 heteroatoms. The summed E-state index contributed by atoms with van der Waals surface area (Å²) in [5, 5.41) is 12.6. The van der Waals surface area contributed by atoms with E-state index in [0.29, 0.717) is 41.3 Å². The fraction of sp³-hybridized carbons (Fsp3) is 0.347. The van der Waals surface area contributed by atoms with Crippen molar-refractivity contribution in [1.82, 2.24) is 44.7 Å². The van der Waals surface area contributed by atoms with Crippen molar-refractivity contribution in [3.05, 3.63) is 120 Å². The quantitative estimate of drug-likeness (QED) is 0.0869. The Kier molecular flexibility index (Phi) is 14.0. The Labute approximate surface area is 401 Å². The van der Waals surface area contributed by atoms with Crippen LogP contribution in [0.25, 0.3) is 11.3 Å². The van der Waals surface area contributed by atoms with Gasteiger partial charge in [-0.2, -0.15) is 5.10 Å². The van der Waals surface area contributed by atoms with Gasteiger partial charge in [0.25, 0.3) is 17.7 Å². The number of carbonyl (C=O) groups is 7. The zero-order chi connectivity index (χ0) is 48.9.